The maximum Gasteiger partial charge on any atom is 0.276 e. The van der Waals surface area contributed by atoms with Gasteiger partial charge in [0.1, 0.15) is 11.5 Å². The van der Waals surface area contributed by atoms with Crippen molar-refractivity contribution in [2.24, 2.45) is 0 Å². The highest BCUT2D eigenvalue weighted by Crippen LogP contribution is 2.15. The Bertz CT molecular complexity index is 702. The maximum absolute atomic E-state index is 11.8. The maximum atomic E-state index is 11.8. The van der Waals surface area contributed by atoms with Gasteiger partial charge in [0.2, 0.25) is 5.91 Å². The predicted octanol–water partition coefficient (Wildman–Crippen LogP) is 2.62. The van der Waals surface area contributed by atoms with E-state index in [1.165, 1.54) is 0 Å². The van der Waals surface area contributed by atoms with Crippen LogP contribution in [0, 0.1) is 0 Å². The van der Waals surface area contributed by atoms with Crippen molar-refractivity contribution in [1.82, 2.24) is 10.9 Å². The molecule has 0 saturated carbocycles. The van der Waals surface area contributed by atoms with Gasteiger partial charge in [-0.15, -0.1) is 0 Å². The summed E-state index contributed by atoms with van der Waals surface area (Å²) in [7, 11) is 1.60. The number of carbonyl (C=O) groups excluding carboxylic acids is 2. The van der Waals surface area contributed by atoms with Gasteiger partial charge < -0.3 is 9.47 Å². The van der Waals surface area contributed by atoms with E-state index in [1.54, 1.807) is 19.2 Å². The van der Waals surface area contributed by atoms with E-state index in [0.29, 0.717) is 12.2 Å². The Morgan fingerprint density at radius 3 is 2.16 bits per heavy atom. The van der Waals surface area contributed by atoms with E-state index >= 15 is 0 Å². The minimum Gasteiger partial charge on any atom is -0.497 e. The molecular formula is C18H19BrN2O4. The lowest BCUT2D eigenvalue weighted by molar-refractivity contribution is -0.130. The molecule has 2 aromatic rings. The van der Waals surface area contributed by atoms with E-state index in [9.17, 15) is 9.59 Å². The lowest BCUT2D eigenvalue weighted by Crippen LogP contribution is -2.43. The minimum atomic E-state index is -0.430. The summed E-state index contributed by atoms with van der Waals surface area (Å²) in [4.78, 5) is 23.4. The fraction of sp³-hybridized carbons (Fsp3) is 0.222. The van der Waals surface area contributed by atoms with Crippen molar-refractivity contribution < 1.29 is 19.1 Å². The summed E-state index contributed by atoms with van der Waals surface area (Å²) >= 11 is 3.32. The van der Waals surface area contributed by atoms with Gasteiger partial charge >= 0.3 is 0 Å². The summed E-state index contributed by atoms with van der Waals surface area (Å²) in [5.41, 5.74) is 5.71. The second kappa shape index (κ2) is 9.68. The number of hydrogen-bond acceptors (Lipinski definition) is 4. The molecule has 0 spiro atoms. The highest BCUT2D eigenvalue weighted by molar-refractivity contribution is 9.10. The normalized spacial score (nSPS) is 10.0. The van der Waals surface area contributed by atoms with Crippen LogP contribution in [0.4, 0.5) is 0 Å². The fourth-order valence-corrected chi connectivity index (χ4v) is 2.23. The Hall–Kier alpha value is -2.54. The molecule has 0 atom stereocenters. The van der Waals surface area contributed by atoms with E-state index in [0.717, 1.165) is 15.8 Å². The first-order chi connectivity index (χ1) is 12.1. The van der Waals surface area contributed by atoms with Gasteiger partial charge in [0.15, 0.2) is 6.61 Å². The average molecular weight is 407 g/mol. The van der Waals surface area contributed by atoms with Crippen molar-refractivity contribution in [1.29, 1.82) is 0 Å². The molecule has 0 radical (unpaired) electrons. The number of benzene rings is 2. The molecule has 0 aliphatic carbocycles. The number of carbonyl (C=O) groups is 2. The molecule has 6 nitrogen and oxygen atoms in total. The topological polar surface area (TPSA) is 76.7 Å². The molecule has 0 fully saturated rings. The first-order valence-electron chi connectivity index (χ1n) is 7.66. The number of rotatable bonds is 7. The number of hydrogen-bond donors (Lipinski definition) is 2. The molecular weight excluding hydrogens is 388 g/mol. The SMILES string of the molecule is COc1ccc(CCC(=O)NNC(=O)COc2ccc(Br)cc2)cc1. The van der Waals surface area contributed by atoms with Crippen LogP contribution in [-0.4, -0.2) is 25.5 Å². The standard InChI is InChI=1S/C18H19BrN2O4/c1-24-15-7-2-13(3-8-15)4-11-17(22)20-21-18(23)12-25-16-9-5-14(19)6-10-16/h2-3,5-10H,4,11-12H2,1H3,(H,20,22)(H,21,23). The fourth-order valence-electron chi connectivity index (χ4n) is 1.97. The van der Waals surface area contributed by atoms with Crippen LogP contribution in [0.3, 0.4) is 0 Å². The third-order valence-electron chi connectivity index (χ3n) is 3.32. The molecule has 0 heterocycles. The molecule has 25 heavy (non-hydrogen) atoms. The number of methoxy groups -OCH3 is 1. The van der Waals surface area contributed by atoms with Gasteiger partial charge in [-0.3, -0.25) is 20.4 Å². The van der Waals surface area contributed by atoms with E-state index in [2.05, 4.69) is 26.8 Å². The van der Waals surface area contributed by atoms with Gasteiger partial charge in [-0.1, -0.05) is 28.1 Å². The minimum absolute atomic E-state index is 0.180. The molecule has 132 valence electrons. The summed E-state index contributed by atoms with van der Waals surface area (Å²) in [6.45, 7) is -0.180. The molecule has 2 rings (SSSR count). The van der Waals surface area contributed by atoms with Crippen molar-refractivity contribution in [3.63, 3.8) is 0 Å². The number of ether oxygens (including phenoxy) is 2. The molecule has 2 amide bonds. The van der Waals surface area contributed by atoms with Gasteiger partial charge in [0, 0.05) is 10.9 Å². The number of amides is 2. The molecule has 0 aromatic heterocycles. The van der Waals surface area contributed by atoms with E-state index in [-0.39, 0.29) is 18.9 Å². The first kappa shape index (κ1) is 18.8. The van der Waals surface area contributed by atoms with Crippen molar-refractivity contribution in [3.05, 3.63) is 58.6 Å². The molecule has 0 unspecified atom stereocenters. The Balaban J connectivity index is 1.64. The third-order valence-corrected chi connectivity index (χ3v) is 3.85. The van der Waals surface area contributed by atoms with Crippen LogP contribution >= 0.6 is 15.9 Å². The van der Waals surface area contributed by atoms with E-state index in [4.69, 9.17) is 9.47 Å². The zero-order chi connectivity index (χ0) is 18.1. The summed E-state index contributed by atoms with van der Waals surface area (Å²) in [5, 5.41) is 0. The Kier molecular flexibility index (Phi) is 7.28. The third kappa shape index (κ3) is 6.84. The molecule has 2 N–H and O–H groups in total. The summed E-state index contributed by atoms with van der Waals surface area (Å²) in [6.07, 6.45) is 0.835. The number of aryl methyl sites for hydroxylation is 1. The van der Waals surface area contributed by atoms with Crippen LogP contribution in [0.5, 0.6) is 11.5 Å². The highest BCUT2D eigenvalue weighted by Gasteiger charge is 2.06. The summed E-state index contributed by atoms with van der Waals surface area (Å²) in [5.74, 6) is 0.643. The van der Waals surface area contributed by atoms with Crippen molar-refractivity contribution in [3.8, 4) is 11.5 Å². The Morgan fingerprint density at radius 2 is 1.52 bits per heavy atom. The Morgan fingerprint density at radius 1 is 0.920 bits per heavy atom. The smallest absolute Gasteiger partial charge is 0.276 e. The first-order valence-corrected chi connectivity index (χ1v) is 8.45. The average Bonchev–Trinajstić information content (AvgIpc) is 2.64. The lowest BCUT2D eigenvalue weighted by atomic mass is 10.1. The Labute approximate surface area is 154 Å². The van der Waals surface area contributed by atoms with Gasteiger partial charge in [-0.2, -0.15) is 0 Å². The van der Waals surface area contributed by atoms with Gasteiger partial charge in [-0.25, -0.2) is 0 Å². The molecule has 0 bridgehead atoms. The molecule has 0 saturated heterocycles. The van der Waals surface area contributed by atoms with Crippen LogP contribution in [-0.2, 0) is 16.0 Å². The van der Waals surface area contributed by atoms with Crippen LogP contribution < -0.4 is 20.3 Å². The van der Waals surface area contributed by atoms with Crippen molar-refractivity contribution >= 4 is 27.7 Å². The zero-order valence-corrected chi connectivity index (χ0v) is 15.3. The lowest BCUT2D eigenvalue weighted by Gasteiger charge is -2.09. The van der Waals surface area contributed by atoms with Crippen LogP contribution in [0.15, 0.2) is 53.0 Å². The number of halogens is 1. The van der Waals surface area contributed by atoms with Crippen molar-refractivity contribution in [2.45, 2.75) is 12.8 Å². The second-order valence-electron chi connectivity index (χ2n) is 5.19. The highest BCUT2D eigenvalue weighted by atomic mass is 79.9. The van der Waals surface area contributed by atoms with Gasteiger partial charge in [0.05, 0.1) is 7.11 Å². The molecule has 7 heteroatoms. The van der Waals surface area contributed by atoms with Gasteiger partial charge in [0.25, 0.3) is 5.91 Å². The molecule has 2 aromatic carbocycles. The van der Waals surface area contributed by atoms with Crippen LogP contribution in [0.1, 0.15) is 12.0 Å². The monoisotopic (exact) mass is 406 g/mol. The quantitative estimate of drug-likeness (QED) is 0.692. The summed E-state index contributed by atoms with van der Waals surface area (Å²) in [6, 6.07) is 14.6. The number of hydrazine groups is 1. The van der Waals surface area contributed by atoms with Crippen molar-refractivity contribution in [2.75, 3.05) is 13.7 Å². The van der Waals surface area contributed by atoms with Crippen LogP contribution in [0.25, 0.3) is 0 Å². The van der Waals surface area contributed by atoms with E-state index in [1.807, 2.05) is 36.4 Å². The van der Waals surface area contributed by atoms with Crippen LogP contribution in [0.2, 0.25) is 0 Å². The predicted molar refractivity (Wildman–Crippen MR) is 97.2 cm³/mol. The second-order valence-corrected chi connectivity index (χ2v) is 6.10. The van der Waals surface area contributed by atoms with E-state index < -0.39 is 5.91 Å². The molecule has 0 aliphatic rings. The zero-order valence-electron chi connectivity index (χ0n) is 13.8. The number of nitrogens with one attached hydrogen (secondary N) is 2. The largest absolute Gasteiger partial charge is 0.497 e. The summed E-state index contributed by atoms with van der Waals surface area (Å²) < 4.78 is 11.3. The van der Waals surface area contributed by atoms with Gasteiger partial charge in [-0.05, 0) is 48.4 Å². The molecule has 0 aliphatic heterocycles.